The first-order chi connectivity index (χ1) is 8.13. The Labute approximate surface area is 117 Å². The fourth-order valence-electron chi connectivity index (χ4n) is 2.90. The Morgan fingerprint density at radius 3 is 2.00 bits per heavy atom. The second-order valence-electron chi connectivity index (χ2n) is 7.18. The van der Waals surface area contributed by atoms with Crippen molar-refractivity contribution >= 4 is 12.4 Å². The van der Waals surface area contributed by atoms with Crippen LogP contribution in [0.5, 0.6) is 0 Å². The molecule has 1 aliphatic heterocycles. The minimum absolute atomic E-state index is 0. The van der Waals surface area contributed by atoms with E-state index in [0.29, 0.717) is 17.7 Å². The molecule has 1 saturated heterocycles. The molecule has 0 aromatic carbocycles. The fraction of sp³-hybridized carbons (Fsp3) is 0.867. The zero-order valence-corrected chi connectivity index (χ0v) is 12.1. The van der Waals surface area contributed by atoms with E-state index in [9.17, 15) is 4.79 Å². The van der Waals surface area contributed by atoms with Gasteiger partial charge in [-0.1, -0.05) is 42.0 Å². The molecule has 19 heavy (non-hydrogen) atoms. The molecule has 0 aromatic heterocycles. The second kappa shape index (κ2) is 5.93. The molecule has 4 nitrogen and oxygen atoms in total. The van der Waals surface area contributed by atoms with Gasteiger partial charge in [-0.15, -0.1) is 0 Å². The van der Waals surface area contributed by atoms with Crippen LogP contribution in [0.25, 0.3) is 0 Å². The zero-order chi connectivity index (χ0) is 14.1. The molecule has 1 heterocycles. The largest absolute Gasteiger partial charge is 0.483 e. The molecular formula is C15H29NO3. The first-order valence-corrected chi connectivity index (χ1v) is 6.49. The number of carbonyl (C=O) groups excluding carboxylic acids is 1. The van der Waals surface area contributed by atoms with Crippen LogP contribution in [0, 0.1) is 22.7 Å². The van der Waals surface area contributed by atoms with Crippen molar-refractivity contribution in [3.63, 3.8) is 0 Å². The van der Waals surface area contributed by atoms with E-state index in [1.165, 1.54) is 0 Å². The predicted molar refractivity (Wildman–Crippen MR) is 76.8 cm³/mol. The Balaban J connectivity index is 0.000000742. The van der Waals surface area contributed by atoms with Crippen molar-refractivity contribution in [2.75, 3.05) is 13.1 Å². The summed E-state index contributed by atoms with van der Waals surface area (Å²) in [6.07, 6.45) is 0.687. The summed E-state index contributed by atoms with van der Waals surface area (Å²) in [5, 5.41) is 6.89. The Kier molecular flexibility index (Phi) is 5.60. The average Bonchev–Trinajstić information content (AvgIpc) is 2.62. The standard InChI is InChI=1S/C13H23NO.CH2O2.CH4/c1-12(2,3)6-11(15)14-7-9-10(8-14)13(9,4)5;2-1-3;/h9-10H,6-8H2,1-5H3;1H,(H,2,3);1H4. The lowest BCUT2D eigenvalue weighted by Crippen LogP contribution is -2.35. The van der Waals surface area contributed by atoms with E-state index in [2.05, 4.69) is 39.5 Å². The minimum atomic E-state index is -0.250. The molecule has 0 spiro atoms. The lowest BCUT2D eigenvalue weighted by atomic mass is 9.91. The van der Waals surface area contributed by atoms with Crippen LogP contribution < -0.4 is 0 Å². The highest BCUT2D eigenvalue weighted by Crippen LogP contribution is 2.62. The number of rotatable bonds is 1. The number of fused-ring (bicyclic) bond motifs is 1. The van der Waals surface area contributed by atoms with E-state index < -0.39 is 0 Å². The molecule has 1 amide bonds. The maximum atomic E-state index is 12.0. The maximum absolute atomic E-state index is 12.0. The second-order valence-corrected chi connectivity index (χ2v) is 7.18. The summed E-state index contributed by atoms with van der Waals surface area (Å²) in [5.41, 5.74) is 0.637. The van der Waals surface area contributed by atoms with Gasteiger partial charge in [-0.25, -0.2) is 0 Å². The van der Waals surface area contributed by atoms with E-state index in [1.807, 2.05) is 0 Å². The third-order valence-electron chi connectivity index (χ3n) is 4.16. The number of carboxylic acid groups (broad SMARTS) is 1. The van der Waals surface area contributed by atoms with Gasteiger partial charge in [0.15, 0.2) is 0 Å². The van der Waals surface area contributed by atoms with Crippen LogP contribution >= 0.6 is 0 Å². The van der Waals surface area contributed by atoms with Gasteiger partial charge in [-0.2, -0.15) is 0 Å². The van der Waals surface area contributed by atoms with Crippen molar-refractivity contribution in [3.8, 4) is 0 Å². The first kappa shape index (κ1) is 17.9. The van der Waals surface area contributed by atoms with Gasteiger partial charge in [0.05, 0.1) is 0 Å². The molecule has 112 valence electrons. The highest BCUT2D eigenvalue weighted by Gasteiger charge is 2.62. The van der Waals surface area contributed by atoms with Gasteiger partial charge in [0.25, 0.3) is 6.47 Å². The van der Waals surface area contributed by atoms with Crippen LogP contribution in [-0.4, -0.2) is 35.5 Å². The molecule has 1 N–H and O–H groups in total. The molecule has 1 aliphatic carbocycles. The summed E-state index contributed by atoms with van der Waals surface area (Å²) in [7, 11) is 0. The van der Waals surface area contributed by atoms with Crippen molar-refractivity contribution in [1.82, 2.24) is 4.90 Å². The number of carbonyl (C=O) groups is 2. The number of amides is 1. The third kappa shape index (κ3) is 4.22. The van der Waals surface area contributed by atoms with Crippen LogP contribution in [0.2, 0.25) is 0 Å². The quantitative estimate of drug-likeness (QED) is 0.746. The van der Waals surface area contributed by atoms with Crippen molar-refractivity contribution in [2.45, 2.75) is 48.5 Å². The summed E-state index contributed by atoms with van der Waals surface area (Å²) in [6.45, 7) is 12.8. The van der Waals surface area contributed by atoms with Gasteiger partial charge in [-0.3, -0.25) is 9.59 Å². The lowest BCUT2D eigenvalue weighted by Gasteiger charge is -2.26. The molecule has 0 aromatic rings. The summed E-state index contributed by atoms with van der Waals surface area (Å²) < 4.78 is 0. The van der Waals surface area contributed by atoms with E-state index >= 15 is 0 Å². The average molecular weight is 271 g/mol. The number of hydrogen-bond acceptors (Lipinski definition) is 2. The van der Waals surface area contributed by atoms with Gasteiger partial charge in [0, 0.05) is 19.5 Å². The van der Waals surface area contributed by atoms with E-state index in [-0.39, 0.29) is 19.3 Å². The van der Waals surface area contributed by atoms with Crippen molar-refractivity contribution < 1.29 is 14.7 Å². The molecule has 0 bridgehead atoms. The fourth-order valence-corrected chi connectivity index (χ4v) is 2.90. The molecule has 2 aliphatic rings. The minimum Gasteiger partial charge on any atom is -0.483 e. The molecule has 4 heteroatoms. The van der Waals surface area contributed by atoms with Crippen LogP contribution in [0.1, 0.15) is 48.5 Å². The Morgan fingerprint density at radius 1 is 1.32 bits per heavy atom. The summed E-state index contributed by atoms with van der Waals surface area (Å²) >= 11 is 0. The number of piperidine rings is 1. The molecule has 1 saturated carbocycles. The van der Waals surface area contributed by atoms with Gasteiger partial charge in [-0.05, 0) is 22.7 Å². The summed E-state index contributed by atoms with van der Waals surface area (Å²) in [5.74, 6) is 1.91. The van der Waals surface area contributed by atoms with Gasteiger partial charge < -0.3 is 10.0 Å². The smallest absolute Gasteiger partial charge is 0.290 e. The Morgan fingerprint density at radius 2 is 1.68 bits per heavy atom. The zero-order valence-electron chi connectivity index (χ0n) is 12.1. The van der Waals surface area contributed by atoms with Crippen LogP contribution in [0.15, 0.2) is 0 Å². The number of nitrogens with zero attached hydrogens (tertiary/aromatic N) is 1. The first-order valence-electron chi connectivity index (χ1n) is 6.49. The highest BCUT2D eigenvalue weighted by molar-refractivity contribution is 5.77. The SMILES string of the molecule is C.CC(C)(C)CC(=O)N1CC2C(C1)C2(C)C.O=CO. The van der Waals surface area contributed by atoms with Crippen LogP contribution in [-0.2, 0) is 9.59 Å². The molecule has 2 fully saturated rings. The monoisotopic (exact) mass is 271 g/mol. The summed E-state index contributed by atoms with van der Waals surface area (Å²) in [4.78, 5) is 22.4. The predicted octanol–water partition coefficient (Wildman–Crippen LogP) is 2.87. The van der Waals surface area contributed by atoms with Crippen molar-refractivity contribution in [2.24, 2.45) is 22.7 Å². The summed E-state index contributed by atoms with van der Waals surface area (Å²) in [6, 6.07) is 0. The van der Waals surface area contributed by atoms with Gasteiger partial charge in [0.2, 0.25) is 5.91 Å². The maximum Gasteiger partial charge on any atom is 0.290 e. The lowest BCUT2D eigenvalue weighted by molar-refractivity contribution is -0.132. The Bertz CT molecular complexity index is 317. The molecule has 2 atom stereocenters. The van der Waals surface area contributed by atoms with Crippen molar-refractivity contribution in [1.29, 1.82) is 0 Å². The molecular weight excluding hydrogens is 242 g/mol. The van der Waals surface area contributed by atoms with Gasteiger partial charge in [0.1, 0.15) is 0 Å². The third-order valence-corrected chi connectivity index (χ3v) is 4.16. The highest BCUT2D eigenvalue weighted by atomic mass is 16.3. The molecule has 2 rings (SSSR count). The normalized spacial score (nSPS) is 26.5. The van der Waals surface area contributed by atoms with E-state index in [0.717, 1.165) is 24.9 Å². The van der Waals surface area contributed by atoms with Crippen molar-refractivity contribution in [3.05, 3.63) is 0 Å². The number of likely N-dealkylation sites (tertiary alicyclic amines) is 1. The van der Waals surface area contributed by atoms with E-state index in [4.69, 9.17) is 9.90 Å². The molecule has 2 unspecified atom stereocenters. The van der Waals surface area contributed by atoms with E-state index in [1.54, 1.807) is 0 Å². The van der Waals surface area contributed by atoms with Crippen LogP contribution in [0.4, 0.5) is 0 Å². The topological polar surface area (TPSA) is 57.6 Å². The molecule has 0 radical (unpaired) electrons. The van der Waals surface area contributed by atoms with Crippen LogP contribution in [0.3, 0.4) is 0 Å². The van der Waals surface area contributed by atoms with Gasteiger partial charge >= 0.3 is 0 Å². The number of hydrogen-bond donors (Lipinski definition) is 1. The Hall–Kier alpha value is -1.06.